The van der Waals surface area contributed by atoms with E-state index in [9.17, 15) is 14.4 Å². The molecule has 0 spiro atoms. The van der Waals surface area contributed by atoms with Crippen LogP contribution in [0, 0.1) is 0 Å². The van der Waals surface area contributed by atoms with Crippen molar-refractivity contribution >= 4 is 81.9 Å². The number of imide groups is 1. The third-order valence-corrected chi connectivity index (χ3v) is 8.82. The SMILES string of the molecule is O=C(ON1C(=O)CCC1=O)c1ccc(-c2cc3sc4ccsc4c3s2)s1. The minimum absolute atomic E-state index is 0.0882. The Morgan fingerprint density at radius 1 is 0.923 bits per heavy atom. The largest absolute Gasteiger partial charge is 0.373 e. The molecular formula is C17H9NO4S4. The molecule has 0 unspecified atom stereocenters. The molecule has 0 aromatic carbocycles. The van der Waals surface area contributed by atoms with Gasteiger partial charge >= 0.3 is 5.97 Å². The van der Waals surface area contributed by atoms with Crippen LogP contribution in [0.4, 0.5) is 0 Å². The summed E-state index contributed by atoms with van der Waals surface area (Å²) in [7, 11) is 0. The van der Waals surface area contributed by atoms with Gasteiger partial charge in [-0.25, -0.2) is 4.79 Å². The van der Waals surface area contributed by atoms with Crippen LogP contribution in [0.5, 0.6) is 0 Å². The van der Waals surface area contributed by atoms with Gasteiger partial charge in [0.25, 0.3) is 11.8 Å². The van der Waals surface area contributed by atoms with Crippen molar-refractivity contribution in [1.29, 1.82) is 0 Å². The summed E-state index contributed by atoms with van der Waals surface area (Å²) in [6.45, 7) is 0. The minimum Gasteiger partial charge on any atom is -0.324 e. The minimum atomic E-state index is -0.677. The van der Waals surface area contributed by atoms with Gasteiger partial charge in [-0.3, -0.25) is 9.59 Å². The predicted molar refractivity (Wildman–Crippen MR) is 105 cm³/mol. The zero-order valence-corrected chi connectivity index (χ0v) is 16.3. The van der Waals surface area contributed by atoms with E-state index in [0.717, 1.165) is 9.75 Å². The number of nitrogens with zero attached hydrogens (tertiary/aromatic N) is 1. The number of carbonyl (C=O) groups excluding carboxylic acids is 3. The van der Waals surface area contributed by atoms with Crippen LogP contribution in [0.15, 0.2) is 29.6 Å². The first kappa shape index (κ1) is 16.1. The molecule has 26 heavy (non-hydrogen) atoms. The fraction of sp³-hybridized carbons (Fsp3) is 0.118. The maximum atomic E-state index is 12.2. The summed E-state index contributed by atoms with van der Waals surface area (Å²) >= 11 is 6.52. The van der Waals surface area contributed by atoms with Gasteiger partial charge < -0.3 is 4.84 Å². The molecule has 5 heterocycles. The van der Waals surface area contributed by atoms with Crippen LogP contribution >= 0.6 is 45.3 Å². The Morgan fingerprint density at radius 3 is 2.54 bits per heavy atom. The van der Waals surface area contributed by atoms with Gasteiger partial charge in [-0.2, -0.15) is 0 Å². The van der Waals surface area contributed by atoms with Crippen LogP contribution in [-0.4, -0.2) is 22.8 Å². The molecule has 0 radical (unpaired) electrons. The van der Waals surface area contributed by atoms with Crippen molar-refractivity contribution in [1.82, 2.24) is 5.06 Å². The second-order valence-corrected chi connectivity index (χ2v) is 9.78. The molecule has 0 N–H and O–H groups in total. The van der Waals surface area contributed by atoms with Crippen molar-refractivity contribution < 1.29 is 19.2 Å². The quantitative estimate of drug-likeness (QED) is 0.432. The van der Waals surface area contributed by atoms with Gasteiger partial charge in [-0.05, 0) is 29.6 Å². The van der Waals surface area contributed by atoms with E-state index >= 15 is 0 Å². The molecular weight excluding hydrogens is 410 g/mol. The monoisotopic (exact) mass is 419 g/mol. The van der Waals surface area contributed by atoms with Crippen LogP contribution in [0.1, 0.15) is 22.5 Å². The van der Waals surface area contributed by atoms with Gasteiger partial charge in [0.15, 0.2) is 0 Å². The van der Waals surface area contributed by atoms with E-state index < -0.39 is 17.8 Å². The molecule has 9 heteroatoms. The van der Waals surface area contributed by atoms with Gasteiger partial charge in [0.1, 0.15) is 4.88 Å². The summed E-state index contributed by atoms with van der Waals surface area (Å²) in [4.78, 5) is 42.8. The zero-order chi connectivity index (χ0) is 17.8. The molecule has 1 fully saturated rings. The second kappa shape index (κ2) is 5.98. The van der Waals surface area contributed by atoms with Crippen LogP contribution in [0.2, 0.25) is 0 Å². The highest BCUT2D eigenvalue weighted by Gasteiger charge is 2.33. The topological polar surface area (TPSA) is 63.7 Å². The van der Waals surface area contributed by atoms with E-state index in [1.807, 2.05) is 6.07 Å². The highest BCUT2D eigenvalue weighted by atomic mass is 32.1. The van der Waals surface area contributed by atoms with Crippen molar-refractivity contribution in [2.45, 2.75) is 12.8 Å². The number of fused-ring (bicyclic) bond motifs is 3. The Labute approximate surface area is 163 Å². The molecule has 2 amide bonds. The smallest absolute Gasteiger partial charge is 0.324 e. The Hall–Kier alpha value is -2.07. The molecule has 0 bridgehead atoms. The summed E-state index contributed by atoms with van der Waals surface area (Å²) in [5.41, 5.74) is 0. The number of hydrogen-bond acceptors (Lipinski definition) is 8. The zero-order valence-electron chi connectivity index (χ0n) is 13.0. The van der Waals surface area contributed by atoms with E-state index in [4.69, 9.17) is 4.84 Å². The van der Waals surface area contributed by atoms with Gasteiger partial charge in [-0.15, -0.1) is 50.4 Å². The Balaban J connectivity index is 1.42. The molecule has 5 rings (SSSR count). The lowest BCUT2D eigenvalue weighted by Gasteiger charge is -2.11. The first-order valence-electron chi connectivity index (χ1n) is 7.68. The van der Waals surface area contributed by atoms with Gasteiger partial charge in [0.2, 0.25) is 0 Å². The molecule has 0 aliphatic carbocycles. The number of hydroxylamine groups is 2. The number of amides is 2. The summed E-state index contributed by atoms with van der Waals surface area (Å²) in [6.07, 6.45) is 0.176. The Bertz CT molecular complexity index is 1180. The maximum absolute atomic E-state index is 12.2. The highest BCUT2D eigenvalue weighted by molar-refractivity contribution is 7.39. The Kier molecular flexibility index (Phi) is 3.71. The summed E-state index contributed by atoms with van der Waals surface area (Å²) in [6, 6.07) is 7.82. The van der Waals surface area contributed by atoms with Gasteiger partial charge in [0.05, 0.1) is 9.40 Å². The first-order chi connectivity index (χ1) is 12.6. The lowest BCUT2D eigenvalue weighted by atomic mass is 10.3. The molecule has 4 aromatic rings. The summed E-state index contributed by atoms with van der Waals surface area (Å²) in [5.74, 6) is -1.62. The molecule has 1 saturated heterocycles. The van der Waals surface area contributed by atoms with Crippen LogP contribution in [0.3, 0.4) is 0 Å². The van der Waals surface area contributed by atoms with E-state index in [0.29, 0.717) is 9.94 Å². The van der Waals surface area contributed by atoms with E-state index in [2.05, 4.69) is 17.5 Å². The summed E-state index contributed by atoms with van der Waals surface area (Å²) < 4.78 is 5.14. The highest BCUT2D eigenvalue weighted by Crippen LogP contribution is 2.46. The van der Waals surface area contributed by atoms with Crippen molar-refractivity contribution in [2.75, 3.05) is 0 Å². The van der Waals surface area contributed by atoms with E-state index in [1.165, 1.54) is 30.1 Å². The standard InChI is InChI=1S/C17H9NO4S4/c19-13-3-4-14(20)18(13)22-17(21)10-2-1-8(24-10)11-7-12-16(26-11)15-9(25-12)5-6-23-15/h1-2,5-7H,3-4H2. The normalized spacial score (nSPS) is 14.8. The fourth-order valence-corrected chi connectivity index (χ4v) is 7.48. The van der Waals surface area contributed by atoms with Crippen LogP contribution in [0.25, 0.3) is 28.6 Å². The predicted octanol–water partition coefficient (Wildman–Crippen LogP) is 5.13. The molecule has 0 saturated carbocycles. The van der Waals surface area contributed by atoms with Gasteiger partial charge in [-0.1, -0.05) is 0 Å². The average molecular weight is 420 g/mol. The molecule has 1 aliphatic heterocycles. The van der Waals surface area contributed by atoms with Crippen molar-refractivity contribution in [3.8, 4) is 9.75 Å². The maximum Gasteiger partial charge on any atom is 0.373 e. The number of thiophene rings is 4. The number of hydrogen-bond donors (Lipinski definition) is 0. The second-order valence-electron chi connectivity index (χ2n) is 5.64. The number of carbonyl (C=O) groups is 3. The molecule has 5 nitrogen and oxygen atoms in total. The molecule has 0 atom stereocenters. The molecule has 1 aliphatic rings. The number of rotatable bonds is 3. The van der Waals surface area contributed by atoms with Crippen LogP contribution in [-0.2, 0) is 14.4 Å². The molecule has 130 valence electrons. The third-order valence-electron chi connectivity index (χ3n) is 3.98. The van der Waals surface area contributed by atoms with Crippen molar-refractivity contribution in [2.24, 2.45) is 0 Å². The third kappa shape index (κ3) is 2.50. The average Bonchev–Trinajstić information content (AvgIpc) is 3.38. The first-order valence-corrected chi connectivity index (χ1v) is 11.0. The Morgan fingerprint density at radius 2 is 1.73 bits per heavy atom. The fourth-order valence-electron chi connectivity index (χ4n) is 2.76. The van der Waals surface area contributed by atoms with E-state index in [1.54, 1.807) is 40.1 Å². The van der Waals surface area contributed by atoms with E-state index in [-0.39, 0.29) is 12.8 Å². The van der Waals surface area contributed by atoms with Crippen molar-refractivity contribution in [3.63, 3.8) is 0 Å². The summed E-state index contributed by atoms with van der Waals surface area (Å²) in [5, 5.41) is 2.68. The van der Waals surface area contributed by atoms with Crippen LogP contribution < -0.4 is 0 Å². The lowest BCUT2D eigenvalue weighted by molar-refractivity contribution is -0.172. The lowest BCUT2D eigenvalue weighted by Crippen LogP contribution is -2.31. The van der Waals surface area contributed by atoms with Crippen molar-refractivity contribution in [3.05, 3.63) is 34.5 Å². The molecule has 4 aromatic heterocycles. The van der Waals surface area contributed by atoms with Gasteiger partial charge in [0, 0.05) is 32.0 Å².